The first-order chi connectivity index (χ1) is 14.0. The second-order valence-corrected chi connectivity index (χ2v) is 8.28. The van der Waals surface area contributed by atoms with Crippen molar-refractivity contribution in [3.63, 3.8) is 0 Å². The van der Waals surface area contributed by atoms with Crippen molar-refractivity contribution in [3.05, 3.63) is 83.9 Å². The number of aryl methyl sites for hydroxylation is 1. The van der Waals surface area contributed by atoms with E-state index in [-0.39, 0.29) is 17.6 Å². The summed E-state index contributed by atoms with van der Waals surface area (Å²) in [4.78, 5) is 26.9. The highest BCUT2D eigenvalue weighted by Gasteiger charge is 2.13. The van der Waals surface area contributed by atoms with E-state index in [1.807, 2.05) is 79.9 Å². The average molecular weight is 423 g/mol. The van der Waals surface area contributed by atoms with E-state index in [4.69, 9.17) is 0 Å². The molecular formula is C23H22N2O2S2. The van der Waals surface area contributed by atoms with Crippen LogP contribution in [0.2, 0.25) is 0 Å². The number of rotatable bonds is 7. The lowest BCUT2D eigenvalue weighted by Crippen LogP contribution is -2.15. The highest BCUT2D eigenvalue weighted by atomic mass is 32.2. The van der Waals surface area contributed by atoms with E-state index in [0.717, 1.165) is 26.7 Å². The predicted octanol–water partition coefficient (Wildman–Crippen LogP) is 5.70. The Bertz CT molecular complexity index is 987. The van der Waals surface area contributed by atoms with Gasteiger partial charge in [0.1, 0.15) is 0 Å². The summed E-state index contributed by atoms with van der Waals surface area (Å²) in [5.74, 6) is -0.0775. The largest absolute Gasteiger partial charge is 0.325 e. The number of nitrogens with one attached hydrogen (secondary N) is 2. The fraction of sp³-hybridized carbons (Fsp3) is 0.130. The second kappa shape index (κ2) is 10.2. The van der Waals surface area contributed by atoms with E-state index in [9.17, 15) is 9.59 Å². The van der Waals surface area contributed by atoms with Crippen LogP contribution in [0, 0.1) is 6.92 Å². The maximum atomic E-state index is 12.7. The molecular weight excluding hydrogens is 400 g/mol. The molecule has 0 aromatic heterocycles. The van der Waals surface area contributed by atoms with Crippen molar-refractivity contribution in [3.8, 4) is 0 Å². The molecule has 3 aromatic carbocycles. The molecule has 0 fully saturated rings. The van der Waals surface area contributed by atoms with Crippen LogP contribution < -0.4 is 10.6 Å². The van der Waals surface area contributed by atoms with Crippen LogP contribution in [0.3, 0.4) is 0 Å². The summed E-state index contributed by atoms with van der Waals surface area (Å²) in [5.41, 5.74) is 3.20. The molecule has 2 N–H and O–H groups in total. The molecule has 2 amide bonds. The van der Waals surface area contributed by atoms with Crippen LogP contribution in [-0.2, 0) is 4.79 Å². The van der Waals surface area contributed by atoms with E-state index in [1.165, 1.54) is 11.8 Å². The predicted molar refractivity (Wildman–Crippen MR) is 123 cm³/mol. The molecule has 0 bridgehead atoms. The van der Waals surface area contributed by atoms with E-state index < -0.39 is 0 Å². The molecule has 0 aliphatic carbocycles. The number of anilines is 2. The molecule has 3 aromatic rings. The summed E-state index contributed by atoms with van der Waals surface area (Å²) < 4.78 is 0. The van der Waals surface area contributed by atoms with Gasteiger partial charge < -0.3 is 10.6 Å². The summed E-state index contributed by atoms with van der Waals surface area (Å²) in [6.07, 6.45) is 2.01. The molecule has 0 spiro atoms. The third kappa shape index (κ3) is 6.14. The topological polar surface area (TPSA) is 58.2 Å². The zero-order valence-corrected chi connectivity index (χ0v) is 17.9. The van der Waals surface area contributed by atoms with Crippen molar-refractivity contribution in [2.75, 3.05) is 22.6 Å². The highest BCUT2D eigenvalue weighted by molar-refractivity contribution is 8.00. The Labute approximate surface area is 179 Å². The van der Waals surface area contributed by atoms with Gasteiger partial charge >= 0.3 is 0 Å². The van der Waals surface area contributed by atoms with Crippen LogP contribution in [0.4, 0.5) is 11.4 Å². The molecule has 0 saturated heterocycles. The van der Waals surface area contributed by atoms with Gasteiger partial charge in [-0.1, -0.05) is 29.8 Å². The van der Waals surface area contributed by atoms with E-state index >= 15 is 0 Å². The first kappa shape index (κ1) is 21.0. The molecule has 148 valence electrons. The third-order valence-corrected chi connectivity index (χ3v) is 5.99. The minimum absolute atomic E-state index is 0.110. The summed E-state index contributed by atoms with van der Waals surface area (Å²) in [7, 11) is 0. The maximum Gasteiger partial charge on any atom is 0.256 e. The lowest BCUT2D eigenvalue weighted by Gasteiger charge is -2.11. The quantitative estimate of drug-likeness (QED) is 0.480. The Morgan fingerprint density at radius 1 is 0.828 bits per heavy atom. The molecule has 3 rings (SSSR count). The van der Waals surface area contributed by atoms with E-state index in [1.54, 1.807) is 17.8 Å². The summed E-state index contributed by atoms with van der Waals surface area (Å²) in [6, 6.07) is 22.7. The van der Waals surface area contributed by atoms with Crippen molar-refractivity contribution in [2.24, 2.45) is 0 Å². The van der Waals surface area contributed by atoms with Gasteiger partial charge in [-0.2, -0.15) is 0 Å². The standard InChI is InChI=1S/C23H22N2O2S2/c1-16-7-9-17(10-8-16)24-22(26)15-29-21-6-4-3-5-20(21)23(27)25-18-11-13-19(28-2)14-12-18/h3-14H,15H2,1-2H3,(H,24,26)(H,25,27). The molecule has 4 nitrogen and oxygen atoms in total. The van der Waals surface area contributed by atoms with Gasteiger partial charge in [-0.05, 0) is 61.7 Å². The minimum Gasteiger partial charge on any atom is -0.325 e. The van der Waals surface area contributed by atoms with Gasteiger partial charge in [0.25, 0.3) is 5.91 Å². The van der Waals surface area contributed by atoms with E-state index in [2.05, 4.69) is 10.6 Å². The van der Waals surface area contributed by atoms with Crippen LogP contribution in [0.5, 0.6) is 0 Å². The number of carbonyl (C=O) groups excluding carboxylic acids is 2. The number of carbonyl (C=O) groups is 2. The van der Waals surface area contributed by atoms with Gasteiger partial charge in [-0.3, -0.25) is 9.59 Å². The summed E-state index contributed by atoms with van der Waals surface area (Å²) in [6.45, 7) is 2.00. The van der Waals surface area contributed by atoms with Gasteiger partial charge in [0.05, 0.1) is 11.3 Å². The number of hydrogen-bond acceptors (Lipinski definition) is 4. The van der Waals surface area contributed by atoms with Gasteiger partial charge in [-0.15, -0.1) is 23.5 Å². The van der Waals surface area contributed by atoms with Gasteiger partial charge in [-0.25, -0.2) is 0 Å². The Hall–Kier alpha value is -2.70. The molecule has 0 heterocycles. The van der Waals surface area contributed by atoms with Gasteiger partial charge in [0.2, 0.25) is 5.91 Å². The molecule has 29 heavy (non-hydrogen) atoms. The number of hydrogen-bond donors (Lipinski definition) is 2. The van der Waals surface area contributed by atoms with E-state index in [0.29, 0.717) is 5.56 Å². The first-order valence-corrected chi connectivity index (χ1v) is 11.3. The SMILES string of the molecule is CSc1ccc(NC(=O)c2ccccc2SCC(=O)Nc2ccc(C)cc2)cc1. The zero-order chi connectivity index (χ0) is 20.6. The smallest absolute Gasteiger partial charge is 0.256 e. The van der Waals surface area contributed by atoms with Gasteiger partial charge in [0.15, 0.2) is 0 Å². The Morgan fingerprint density at radius 2 is 1.45 bits per heavy atom. The van der Waals surface area contributed by atoms with Crippen LogP contribution in [0.1, 0.15) is 15.9 Å². The number of benzene rings is 3. The van der Waals surface area contributed by atoms with Crippen molar-refractivity contribution < 1.29 is 9.59 Å². The van der Waals surface area contributed by atoms with Crippen molar-refractivity contribution in [2.45, 2.75) is 16.7 Å². The first-order valence-electron chi connectivity index (χ1n) is 9.09. The van der Waals surface area contributed by atoms with Gasteiger partial charge in [0, 0.05) is 21.2 Å². The van der Waals surface area contributed by atoms with Crippen LogP contribution in [0.25, 0.3) is 0 Å². The molecule has 0 aliphatic rings. The molecule has 6 heteroatoms. The number of thioether (sulfide) groups is 2. The maximum absolute atomic E-state index is 12.7. The zero-order valence-electron chi connectivity index (χ0n) is 16.3. The average Bonchev–Trinajstić information content (AvgIpc) is 2.74. The highest BCUT2D eigenvalue weighted by Crippen LogP contribution is 2.24. The lowest BCUT2D eigenvalue weighted by molar-refractivity contribution is -0.113. The van der Waals surface area contributed by atoms with Crippen LogP contribution in [0.15, 0.2) is 82.6 Å². The lowest BCUT2D eigenvalue weighted by atomic mass is 10.2. The Balaban J connectivity index is 1.62. The normalized spacial score (nSPS) is 10.4. The third-order valence-electron chi connectivity index (χ3n) is 4.17. The summed E-state index contributed by atoms with van der Waals surface area (Å²) >= 11 is 3.00. The van der Waals surface area contributed by atoms with Crippen LogP contribution in [-0.4, -0.2) is 23.8 Å². The Morgan fingerprint density at radius 3 is 2.14 bits per heavy atom. The number of amides is 2. The van der Waals surface area contributed by atoms with Crippen molar-refractivity contribution >= 4 is 46.7 Å². The Kier molecular flexibility index (Phi) is 7.38. The second-order valence-electron chi connectivity index (χ2n) is 6.38. The van der Waals surface area contributed by atoms with Crippen molar-refractivity contribution in [1.29, 1.82) is 0 Å². The summed E-state index contributed by atoms with van der Waals surface area (Å²) in [5, 5.41) is 5.80. The van der Waals surface area contributed by atoms with Crippen LogP contribution >= 0.6 is 23.5 Å². The van der Waals surface area contributed by atoms with Crippen molar-refractivity contribution in [1.82, 2.24) is 0 Å². The monoisotopic (exact) mass is 422 g/mol. The molecule has 0 unspecified atom stereocenters. The fourth-order valence-corrected chi connectivity index (χ4v) is 3.89. The molecule has 0 atom stereocenters. The fourth-order valence-electron chi connectivity index (χ4n) is 2.63. The molecule has 0 saturated carbocycles. The minimum atomic E-state index is -0.191. The molecule has 0 radical (unpaired) electrons. The molecule has 0 aliphatic heterocycles.